The monoisotopic (exact) mass is 424 g/mol. The molecule has 0 aliphatic carbocycles. The lowest BCUT2D eigenvalue weighted by Gasteiger charge is -2.34. The van der Waals surface area contributed by atoms with Gasteiger partial charge in [-0.05, 0) is 60.4 Å². The number of carbonyl (C=O) groups excluding carboxylic acids is 1. The molecule has 2 aromatic carbocycles. The summed E-state index contributed by atoms with van der Waals surface area (Å²) in [6, 6.07) is 13.0. The van der Waals surface area contributed by atoms with E-state index in [4.69, 9.17) is 4.74 Å². The standard InChI is InChI=1S/C23H28N4O4/c1-25(23(28)19-9-10-21-20(14-19)24-31-27(21)29)15-17-6-5-12-26(16-17)13-11-18-7-3-4-8-22(18)30-2/h3-4,7-10,14,17H,5-6,11-13,15-16H2,1-2H3. The van der Waals surface area contributed by atoms with Crippen LogP contribution in [0.2, 0.25) is 0 Å². The fourth-order valence-corrected chi connectivity index (χ4v) is 4.39. The van der Waals surface area contributed by atoms with Crippen molar-refractivity contribution in [2.24, 2.45) is 5.92 Å². The third kappa shape index (κ3) is 4.80. The number of hydrogen-bond donors (Lipinski definition) is 0. The number of benzene rings is 2. The lowest BCUT2D eigenvalue weighted by atomic mass is 9.96. The van der Waals surface area contributed by atoms with E-state index in [2.05, 4.69) is 20.8 Å². The molecule has 1 amide bonds. The molecular weight excluding hydrogens is 396 g/mol. The van der Waals surface area contributed by atoms with Crippen LogP contribution in [0.25, 0.3) is 11.0 Å². The number of para-hydroxylation sites is 1. The van der Waals surface area contributed by atoms with Crippen LogP contribution in [0.5, 0.6) is 5.75 Å². The predicted molar refractivity (Wildman–Crippen MR) is 116 cm³/mol. The average Bonchev–Trinajstić information content (AvgIpc) is 3.17. The molecule has 1 fully saturated rings. The van der Waals surface area contributed by atoms with Crippen molar-refractivity contribution in [2.45, 2.75) is 19.3 Å². The highest BCUT2D eigenvalue weighted by Crippen LogP contribution is 2.22. The van der Waals surface area contributed by atoms with Gasteiger partial charge in [0, 0.05) is 43.5 Å². The minimum absolute atomic E-state index is 0.0755. The van der Waals surface area contributed by atoms with Gasteiger partial charge in [-0.25, -0.2) is 0 Å². The van der Waals surface area contributed by atoms with E-state index < -0.39 is 0 Å². The Morgan fingerprint density at radius 1 is 1.35 bits per heavy atom. The van der Waals surface area contributed by atoms with E-state index in [9.17, 15) is 10.0 Å². The number of ether oxygens (including phenoxy) is 1. The van der Waals surface area contributed by atoms with Crippen LogP contribution >= 0.6 is 0 Å². The van der Waals surface area contributed by atoms with Crippen LogP contribution in [0.4, 0.5) is 0 Å². The molecule has 1 unspecified atom stereocenters. The normalized spacial score (nSPS) is 17.0. The number of methoxy groups -OCH3 is 1. The molecule has 0 saturated carbocycles. The first kappa shape index (κ1) is 21.1. The maximum absolute atomic E-state index is 12.9. The van der Waals surface area contributed by atoms with E-state index >= 15 is 0 Å². The highest BCUT2D eigenvalue weighted by molar-refractivity contribution is 5.96. The Bertz CT molecular complexity index is 1050. The SMILES string of the molecule is COc1ccccc1CCN1CCCC(CN(C)C(=O)c2ccc3c(c2)no[n+]3[O-])C1. The van der Waals surface area contributed by atoms with Crippen LogP contribution in [-0.4, -0.2) is 61.2 Å². The molecule has 8 nitrogen and oxygen atoms in total. The Labute approximate surface area is 181 Å². The van der Waals surface area contributed by atoms with Crippen LogP contribution in [-0.2, 0) is 6.42 Å². The number of rotatable bonds is 7. The Balaban J connectivity index is 1.33. The molecule has 0 N–H and O–H groups in total. The van der Waals surface area contributed by atoms with Crippen molar-refractivity contribution in [3.8, 4) is 5.75 Å². The maximum atomic E-state index is 12.9. The highest BCUT2D eigenvalue weighted by atomic mass is 16.8. The van der Waals surface area contributed by atoms with Crippen molar-refractivity contribution >= 4 is 16.9 Å². The van der Waals surface area contributed by atoms with E-state index in [-0.39, 0.29) is 5.91 Å². The van der Waals surface area contributed by atoms with Crippen molar-refractivity contribution in [1.29, 1.82) is 0 Å². The first-order valence-corrected chi connectivity index (χ1v) is 10.6. The van der Waals surface area contributed by atoms with Crippen molar-refractivity contribution in [2.75, 3.05) is 40.3 Å². The van der Waals surface area contributed by atoms with Gasteiger partial charge in [0.2, 0.25) is 11.0 Å². The molecular formula is C23H28N4O4. The van der Waals surface area contributed by atoms with Gasteiger partial charge in [0.1, 0.15) is 5.75 Å². The average molecular weight is 425 g/mol. The van der Waals surface area contributed by atoms with Gasteiger partial charge >= 0.3 is 0 Å². The zero-order chi connectivity index (χ0) is 21.8. The maximum Gasteiger partial charge on any atom is 0.253 e. The van der Waals surface area contributed by atoms with Gasteiger partial charge < -0.3 is 19.7 Å². The third-order valence-corrected chi connectivity index (χ3v) is 6.00. The quantitative estimate of drug-likeness (QED) is 0.542. The fraction of sp³-hybridized carbons (Fsp3) is 0.435. The molecule has 8 heteroatoms. The van der Waals surface area contributed by atoms with Crippen molar-refractivity contribution in [1.82, 2.24) is 15.0 Å². The summed E-state index contributed by atoms with van der Waals surface area (Å²) >= 11 is 0. The van der Waals surface area contributed by atoms with E-state index in [0.717, 1.165) is 44.6 Å². The second kappa shape index (κ2) is 9.34. The summed E-state index contributed by atoms with van der Waals surface area (Å²) in [5, 5.41) is 15.1. The van der Waals surface area contributed by atoms with Crippen LogP contribution in [0.3, 0.4) is 0 Å². The van der Waals surface area contributed by atoms with Crippen molar-refractivity contribution < 1.29 is 19.1 Å². The lowest BCUT2D eigenvalue weighted by Crippen LogP contribution is -2.42. The molecule has 0 radical (unpaired) electrons. The van der Waals surface area contributed by atoms with Crippen LogP contribution in [0, 0.1) is 11.1 Å². The summed E-state index contributed by atoms with van der Waals surface area (Å²) in [6.45, 7) is 3.74. The van der Waals surface area contributed by atoms with Crippen molar-refractivity contribution in [3.05, 3.63) is 58.8 Å². The molecule has 1 saturated heterocycles. The van der Waals surface area contributed by atoms with E-state index in [1.54, 1.807) is 30.2 Å². The van der Waals surface area contributed by atoms with Crippen LogP contribution in [0.15, 0.2) is 47.1 Å². The minimum atomic E-state index is -0.0755. The number of piperidine rings is 1. The number of hydrogen-bond acceptors (Lipinski definition) is 6. The molecule has 3 aromatic rings. The summed E-state index contributed by atoms with van der Waals surface area (Å²) in [7, 11) is 3.54. The molecule has 0 bridgehead atoms. The first-order chi connectivity index (χ1) is 15.0. The molecule has 1 aliphatic heterocycles. The molecule has 1 aliphatic rings. The Hall–Kier alpha value is -3.13. The fourth-order valence-electron chi connectivity index (χ4n) is 4.39. The summed E-state index contributed by atoms with van der Waals surface area (Å²) in [4.78, 5) is 17.5. The van der Waals surface area contributed by atoms with Gasteiger partial charge in [0.25, 0.3) is 5.91 Å². The molecule has 1 aromatic heterocycles. The van der Waals surface area contributed by atoms with E-state index in [1.165, 1.54) is 5.56 Å². The van der Waals surface area contributed by atoms with E-state index in [0.29, 0.717) is 34.0 Å². The molecule has 0 spiro atoms. The molecule has 1 atom stereocenters. The van der Waals surface area contributed by atoms with Gasteiger partial charge in [-0.15, -0.1) is 0 Å². The topological polar surface area (TPSA) is 85.8 Å². The molecule has 4 rings (SSSR count). The highest BCUT2D eigenvalue weighted by Gasteiger charge is 2.24. The summed E-state index contributed by atoms with van der Waals surface area (Å²) in [5.74, 6) is 1.29. The van der Waals surface area contributed by atoms with Gasteiger partial charge in [0.05, 0.1) is 7.11 Å². The zero-order valence-corrected chi connectivity index (χ0v) is 18.0. The van der Waals surface area contributed by atoms with Crippen LogP contribution < -0.4 is 9.64 Å². The molecule has 2 heterocycles. The van der Waals surface area contributed by atoms with Crippen molar-refractivity contribution in [3.63, 3.8) is 0 Å². The Morgan fingerprint density at radius 2 is 2.19 bits per heavy atom. The number of aromatic nitrogens is 2. The Morgan fingerprint density at radius 3 is 3.03 bits per heavy atom. The number of amides is 1. The predicted octanol–water partition coefficient (Wildman–Crippen LogP) is 2.50. The molecule has 164 valence electrons. The minimum Gasteiger partial charge on any atom is -0.496 e. The Kier molecular flexibility index (Phi) is 6.36. The smallest absolute Gasteiger partial charge is 0.253 e. The van der Waals surface area contributed by atoms with E-state index in [1.807, 2.05) is 25.2 Å². The zero-order valence-electron chi connectivity index (χ0n) is 18.0. The second-order valence-corrected chi connectivity index (χ2v) is 8.19. The van der Waals surface area contributed by atoms with Gasteiger partial charge in [-0.2, -0.15) is 0 Å². The van der Waals surface area contributed by atoms with Crippen LogP contribution in [0.1, 0.15) is 28.8 Å². The van der Waals surface area contributed by atoms with Gasteiger partial charge in [0.15, 0.2) is 0 Å². The second-order valence-electron chi connectivity index (χ2n) is 8.19. The summed E-state index contributed by atoms with van der Waals surface area (Å²) in [5.41, 5.74) is 2.43. The first-order valence-electron chi connectivity index (χ1n) is 10.6. The summed E-state index contributed by atoms with van der Waals surface area (Å²) < 4.78 is 10.0. The summed E-state index contributed by atoms with van der Waals surface area (Å²) in [6.07, 6.45) is 3.19. The number of fused-ring (bicyclic) bond motifs is 1. The van der Waals surface area contributed by atoms with Gasteiger partial charge in [-0.3, -0.25) is 9.42 Å². The number of nitrogens with zero attached hydrogens (tertiary/aromatic N) is 4. The third-order valence-electron chi connectivity index (χ3n) is 6.00. The largest absolute Gasteiger partial charge is 0.496 e. The number of likely N-dealkylation sites (tertiary alicyclic amines) is 1. The lowest BCUT2D eigenvalue weighted by molar-refractivity contribution is -0.782. The molecule has 31 heavy (non-hydrogen) atoms. The number of carbonyl (C=O) groups is 1. The van der Waals surface area contributed by atoms with Gasteiger partial charge in [-0.1, -0.05) is 18.2 Å².